The molecule has 1 aromatic rings. The molecule has 0 aliphatic carbocycles. The topological polar surface area (TPSA) is 21.6 Å². The highest BCUT2D eigenvalue weighted by molar-refractivity contribution is 6.44. The zero-order valence-corrected chi connectivity index (χ0v) is 10.9. The van der Waals surface area contributed by atoms with Crippen molar-refractivity contribution >= 4 is 40.5 Å². The molecule has 1 aliphatic heterocycles. The fraction of sp³-hybridized carbons (Fsp3) is 0.364. The molecule has 0 saturated carbocycles. The van der Waals surface area contributed by atoms with Crippen molar-refractivity contribution in [1.82, 2.24) is 0 Å². The summed E-state index contributed by atoms with van der Waals surface area (Å²) in [5.41, 5.74) is 1.61. The van der Waals surface area contributed by atoms with E-state index in [9.17, 15) is 0 Å². The van der Waals surface area contributed by atoms with Gasteiger partial charge in [-0.1, -0.05) is 40.5 Å². The third-order valence-electron chi connectivity index (χ3n) is 2.47. The highest BCUT2D eigenvalue weighted by Gasteiger charge is 2.27. The zero-order valence-electron chi connectivity index (χ0n) is 8.58. The molecule has 86 valence electrons. The minimum atomic E-state index is -0.0910. The first kappa shape index (κ1) is 12.0. The average Bonchev–Trinajstić information content (AvgIpc) is 2.71. The quantitative estimate of drug-likeness (QED) is 0.746. The van der Waals surface area contributed by atoms with Gasteiger partial charge in [0.15, 0.2) is 0 Å². The van der Waals surface area contributed by atoms with Gasteiger partial charge in [0.05, 0.1) is 21.1 Å². The fourth-order valence-corrected chi connectivity index (χ4v) is 2.07. The predicted molar refractivity (Wildman–Crippen MR) is 67.8 cm³/mol. The third kappa shape index (κ3) is 2.29. The second-order valence-electron chi connectivity index (χ2n) is 3.66. The van der Waals surface area contributed by atoms with Crippen molar-refractivity contribution in [3.05, 3.63) is 33.8 Å². The predicted octanol–water partition coefficient (Wildman–Crippen LogP) is 4.11. The van der Waals surface area contributed by atoms with Crippen LogP contribution in [0.2, 0.25) is 10.0 Å². The van der Waals surface area contributed by atoms with Crippen LogP contribution in [0.25, 0.3) is 0 Å². The molecule has 0 bridgehead atoms. The Labute approximate surface area is 109 Å². The van der Waals surface area contributed by atoms with Crippen molar-refractivity contribution in [3.63, 3.8) is 0 Å². The Morgan fingerprint density at radius 2 is 2.19 bits per heavy atom. The number of hydrogen-bond donors (Lipinski definition) is 0. The molecule has 1 aliphatic rings. The van der Waals surface area contributed by atoms with Crippen LogP contribution in [0.5, 0.6) is 0 Å². The van der Waals surface area contributed by atoms with Gasteiger partial charge in [-0.25, -0.2) is 0 Å². The monoisotopic (exact) mass is 277 g/mol. The second-order valence-corrected chi connectivity index (χ2v) is 5.14. The lowest BCUT2D eigenvalue weighted by Crippen LogP contribution is -2.18. The van der Waals surface area contributed by atoms with E-state index in [0.29, 0.717) is 16.5 Å². The van der Waals surface area contributed by atoms with E-state index < -0.39 is 0 Å². The van der Waals surface area contributed by atoms with Gasteiger partial charge in [-0.2, -0.15) is 0 Å². The zero-order chi connectivity index (χ0) is 11.7. The second kappa shape index (κ2) is 4.82. The van der Waals surface area contributed by atoms with Crippen LogP contribution in [0.3, 0.4) is 0 Å². The van der Waals surface area contributed by atoms with Crippen LogP contribution in [-0.2, 0) is 4.84 Å². The SMILES string of the molecule is CC(Cl)C1CC(c2cccc(Cl)c2Cl)=NO1. The molecule has 0 radical (unpaired) electrons. The van der Waals surface area contributed by atoms with Gasteiger partial charge in [-0.05, 0) is 13.0 Å². The first-order chi connectivity index (χ1) is 7.59. The summed E-state index contributed by atoms with van der Waals surface area (Å²) in [4.78, 5) is 5.23. The largest absolute Gasteiger partial charge is 0.390 e. The first-order valence-electron chi connectivity index (χ1n) is 4.90. The molecule has 5 heteroatoms. The van der Waals surface area contributed by atoms with Gasteiger partial charge in [-0.3, -0.25) is 0 Å². The summed E-state index contributed by atoms with van der Waals surface area (Å²) in [6.07, 6.45) is 0.566. The van der Waals surface area contributed by atoms with E-state index in [1.807, 2.05) is 19.1 Å². The van der Waals surface area contributed by atoms with E-state index in [2.05, 4.69) is 5.16 Å². The van der Waals surface area contributed by atoms with Gasteiger partial charge in [0.2, 0.25) is 0 Å². The molecule has 2 unspecified atom stereocenters. The summed E-state index contributed by atoms with van der Waals surface area (Å²) in [7, 11) is 0. The molecular formula is C11H10Cl3NO. The number of rotatable bonds is 2. The van der Waals surface area contributed by atoms with Crippen LogP contribution in [0.1, 0.15) is 18.9 Å². The van der Waals surface area contributed by atoms with E-state index in [0.717, 1.165) is 11.3 Å². The van der Waals surface area contributed by atoms with Gasteiger partial charge >= 0.3 is 0 Å². The molecule has 1 aromatic carbocycles. The maximum Gasteiger partial charge on any atom is 0.149 e. The number of hydrogen-bond acceptors (Lipinski definition) is 2. The third-order valence-corrected chi connectivity index (χ3v) is 3.57. The van der Waals surface area contributed by atoms with E-state index >= 15 is 0 Å². The molecule has 0 spiro atoms. The number of benzene rings is 1. The molecule has 2 rings (SSSR count). The highest BCUT2D eigenvalue weighted by atomic mass is 35.5. The summed E-state index contributed by atoms with van der Waals surface area (Å²) in [5.74, 6) is 0. The Kier molecular flexibility index (Phi) is 3.63. The van der Waals surface area contributed by atoms with Crippen LogP contribution in [0.15, 0.2) is 23.4 Å². The molecule has 0 aromatic heterocycles. The molecule has 0 fully saturated rings. The number of alkyl halides is 1. The molecule has 0 amide bonds. The normalized spacial score (nSPS) is 21.5. The summed E-state index contributed by atoms with van der Waals surface area (Å²) in [5, 5.41) is 4.94. The number of nitrogens with zero attached hydrogens (tertiary/aromatic N) is 1. The maximum atomic E-state index is 6.10. The Balaban J connectivity index is 2.24. The lowest BCUT2D eigenvalue weighted by atomic mass is 10.0. The van der Waals surface area contributed by atoms with Crippen molar-refractivity contribution in [1.29, 1.82) is 0 Å². The molecule has 2 nitrogen and oxygen atoms in total. The lowest BCUT2D eigenvalue weighted by molar-refractivity contribution is 0.0855. The van der Waals surface area contributed by atoms with Gasteiger partial charge in [0.25, 0.3) is 0 Å². The van der Waals surface area contributed by atoms with E-state index in [-0.39, 0.29) is 11.5 Å². The van der Waals surface area contributed by atoms with Gasteiger partial charge in [0, 0.05) is 12.0 Å². The van der Waals surface area contributed by atoms with Crippen molar-refractivity contribution in [3.8, 4) is 0 Å². The number of oxime groups is 1. The van der Waals surface area contributed by atoms with Gasteiger partial charge in [0.1, 0.15) is 6.10 Å². The highest BCUT2D eigenvalue weighted by Crippen LogP contribution is 2.30. The van der Waals surface area contributed by atoms with Crippen LogP contribution in [0.4, 0.5) is 0 Å². The first-order valence-corrected chi connectivity index (χ1v) is 6.10. The summed E-state index contributed by atoms with van der Waals surface area (Å²) in [6, 6.07) is 5.45. The van der Waals surface area contributed by atoms with E-state index in [4.69, 9.17) is 39.6 Å². The van der Waals surface area contributed by atoms with Crippen LogP contribution >= 0.6 is 34.8 Å². The van der Waals surface area contributed by atoms with Crippen molar-refractivity contribution in [2.24, 2.45) is 5.16 Å². The van der Waals surface area contributed by atoms with Gasteiger partial charge in [-0.15, -0.1) is 11.6 Å². The molecule has 1 heterocycles. The Hall–Kier alpha value is -0.440. The minimum absolute atomic E-state index is 0.0841. The standard InChI is InChI=1S/C11H10Cl3NO/c1-6(12)10-5-9(15-16-10)7-3-2-4-8(13)11(7)14/h2-4,6,10H,5H2,1H3. The molecule has 0 N–H and O–H groups in total. The smallest absolute Gasteiger partial charge is 0.149 e. The average molecular weight is 279 g/mol. The van der Waals surface area contributed by atoms with Crippen LogP contribution < -0.4 is 0 Å². The Bertz CT molecular complexity index is 431. The summed E-state index contributed by atoms with van der Waals surface area (Å²) >= 11 is 18.0. The molecule has 2 atom stereocenters. The Morgan fingerprint density at radius 3 is 2.81 bits per heavy atom. The van der Waals surface area contributed by atoms with Crippen LogP contribution in [0, 0.1) is 0 Å². The minimum Gasteiger partial charge on any atom is -0.390 e. The summed E-state index contributed by atoms with van der Waals surface area (Å²) < 4.78 is 0. The van der Waals surface area contributed by atoms with E-state index in [1.54, 1.807) is 6.07 Å². The van der Waals surface area contributed by atoms with E-state index in [1.165, 1.54) is 0 Å². The van der Waals surface area contributed by atoms with Crippen molar-refractivity contribution < 1.29 is 4.84 Å². The maximum absolute atomic E-state index is 6.10. The lowest BCUT2D eigenvalue weighted by Gasteiger charge is -2.09. The molecule has 16 heavy (non-hydrogen) atoms. The van der Waals surface area contributed by atoms with Gasteiger partial charge < -0.3 is 4.84 Å². The number of halogens is 3. The molecule has 0 saturated heterocycles. The Morgan fingerprint density at radius 1 is 1.44 bits per heavy atom. The van der Waals surface area contributed by atoms with Crippen molar-refractivity contribution in [2.45, 2.75) is 24.8 Å². The van der Waals surface area contributed by atoms with Crippen LogP contribution in [-0.4, -0.2) is 17.2 Å². The van der Waals surface area contributed by atoms with Crippen molar-refractivity contribution in [2.75, 3.05) is 0 Å². The summed E-state index contributed by atoms with van der Waals surface area (Å²) in [6.45, 7) is 1.88. The molecular weight excluding hydrogens is 268 g/mol. The fourth-order valence-electron chi connectivity index (χ4n) is 1.53.